The van der Waals surface area contributed by atoms with Crippen molar-refractivity contribution in [3.63, 3.8) is 0 Å². The van der Waals surface area contributed by atoms with Crippen LogP contribution in [0.4, 0.5) is 11.5 Å². The van der Waals surface area contributed by atoms with Crippen LogP contribution in [-0.4, -0.2) is 29.0 Å². The number of hydrogen-bond donors (Lipinski definition) is 1. The lowest BCUT2D eigenvalue weighted by molar-refractivity contribution is -0.385. The summed E-state index contributed by atoms with van der Waals surface area (Å²) in [7, 11) is 0. The summed E-state index contributed by atoms with van der Waals surface area (Å²) in [5.41, 5.74) is -0.0588. The van der Waals surface area contributed by atoms with Crippen LogP contribution < -0.4 is 5.32 Å². The minimum atomic E-state index is -0.508. The van der Waals surface area contributed by atoms with E-state index in [4.69, 9.17) is 4.74 Å². The Morgan fingerprint density at radius 2 is 2.32 bits per heavy atom. The van der Waals surface area contributed by atoms with Gasteiger partial charge in [-0.2, -0.15) is 0 Å². The minimum Gasteiger partial charge on any atom is -0.464 e. The van der Waals surface area contributed by atoms with Crippen LogP contribution in [0, 0.1) is 10.1 Å². The number of unbranched alkanes of at least 4 members (excludes halogenated alkanes) is 1. The van der Waals surface area contributed by atoms with E-state index in [1.165, 1.54) is 18.3 Å². The normalized spacial score (nSPS) is 9.95. The molecule has 0 aliphatic rings. The Kier molecular flexibility index (Phi) is 6.28. The van der Waals surface area contributed by atoms with Gasteiger partial charge in [-0.15, -0.1) is 0 Å². The van der Waals surface area contributed by atoms with Gasteiger partial charge in [0.1, 0.15) is 18.6 Å². The quantitative estimate of drug-likeness (QED) is 0.335. The van der Waals surface area contributed by atoms with Gasteiger partial charge in [0.15, 0.2) is 0 Å². The summed E-state index contributed by atoms with van der Waals surface area (Å²) < 4.78 is 4.99. The zero-order chi connectivity index (χ0) is 14.1. The zero-order valence-corrected chi connectivity index (χ0v) is 10.8. The van der Waals surface area contributed by atoms with E-state index in [1.807, 2.05) is 6.92 Å². The number of esters is 1. The third kappa shape index (κ3) is 5.80. The highest BCUT2D eigenvalue weighted by Gasteiger charge is 2.05. The van der Waals surface area contributed by atoms with Crippen molar-refractivity contribution in [2.45, 2.75) is 26.2 Å². The lowest BCUT2D eigenvalue weighted by Crippen LogP contribution is -2.14. The van der Waals surface area contributed by atoms with Gasteiger partial charge in [-0.3, -0.25) is 14.9 Å². The third-order valence-corrected chi connectivity index (χ3v) is 2.36. The molecular weight excluding hydrogens is 250 g/mol. The Hall–Kier alpha value is -2.18. The van der Waals surface area contributed by atoms with Gasteiger partial charge < -0.3 is 10.1 Å². The fourth-order valence-electron chi connectivity index (χ4n) is 1.34. The molecule has 0 aliphatic carbocycles. The summed E-state index contributed by atoms with van der Waals surface area (Å²) in [6, 6.07) is 2.87. The summed E-state index contributed by atoms with van der Waals surface area (Å²) in [4.78, 5) is 25.0. The van der Waals surface area contributed by atoms with Crippen LogP contribution >= 0.6 is 0 Å². The van der Waals surface area contributed by atoms with Crippen molar-refractivity contribution >= 4 is 17.5 Å². The van der Waals surface area contributed by atoms with Crippen LogP contribution in [0.1, 0.15) is 26.2 Å². The molecule has 0 amide bonds. The lowest BCUT2D eigenvalue weighted by Gasteiger charge is -2.06. The highest BCUT2D eigenvalue weighted by atomic mass is 16.6. The van der Waals surface area contributed by atoms with Gasteiger partial charge in [-0.25, -0.2) is 4.98 Å². The van der Waals surface area contributed by atoms with Crippen molar-refractivity contribution in [1.29, 1.82) is 0 Å². The number of anilines is 1. The highest BCUT2D eigenvalue weighted by molar-refractivity contribution is 5.69. The molecule has 1 rings (SSSR count). The number of nitrogens with one attached hydrogen (secondary N) is 1. The van der Waals surface area contributed by atoms with Crippen LogP contribution in [0.3, 0.4) is 0 Å². The number of carbonyl (C=O) groups excluding carboxylic acids is 1. The minimum absolute atomic E-state index is 0.0588. The van der Waals surface area contributed by atoms with Crippen LogP contribution in [0.15, 0.2) is 18.3 Å². The molecule has 0 unspecified atom stereocenters. The van der Waals surface area contributed by atoms with Crippen molar-refractivity contribution < 1.29 is 14.5 Å². The summed E-state index contributed by atoms with van der Waals surface area (Å²) in [6.45, 7) is 2.68. The van der Waals surface area contributed by atoms with Crippen molar-refractivity contribution in [3.8, 4) is 0 Å². The average Bonchev–Trinajstić information content (AvgIpc) is 2.41. The molecule has 1 aromatic heterocycles. The number of pyridine rings is 1. The summed E-state index contributed by atoms with van der Waals surface area (Å²) in [6.07, 6.45) is 3.40. The second-order valence-electron chi connectivity index (χ2n) is 3.91. The summed E-state index contributed by atoms with van der Waals surface area (Å²) >= 11 is 0. The molecule has 0 aliphatic heterocycles. The first-order chi connectivity index (χ1) is 9.13. The molecule has 7 heteroatoms. The van der Waals surface area contributed by atoms with Crippen LogP contribution in [0.5, 0.6) is 0 Å². The molecular formula is C12H17N3O4. The molecule has 0 spiro atoms. The first kappa shape index (κ1) is 14.9. The monoisotopic (exact) mass is 267 g/mol. The maximum atomic E-state index is 11.2. The molecule has 7 nitrogen and oxygen atoms in total. The standard InChI is InChI=1S/C12H17N3O4/c1-2-3-4-12(16)19-8-7-13-11-6-5-10(9-14-11)15(17)18/h5-6,9H,2-4,7-8H2,1H3,(H,13,14). The Balaban J connectivity index is 2.22. The molecule has 1 N–H and O–H groups in total. The Labute approximate surface area is 111 Å². The third-order valence-electron chi connectivity index (χ3n) is 2.36. The van der Waals surface area contributed by atoms with E-state index in [0.717, 1.165) is 12.8 Å². The van der Waals surface area contributed by atoms with E-state index in [1.54, 1.807) is 0 Å². The molecule has 0 saturated carbocycles. The molecule has 0 aromatic carbocycles. The molecule has 1 aromatic rings. The van der Waals surface area contributed by atoms with E-state index in [-0.39, 0.29) is 18.3 Å². The molecule has 0 saturated heterocycles. The molecule has 104 valence electrons. The van der Waals surface area contributed by atoms with Crippen LogP contribution in [0.2, 0.25) is 0 Å². The zero-order valence-electron chi connectivity index (χ0n) is 10.8. The van der Waals surface area contributed by atoms with Gasteiger partial charge in [0.05, 0.1) is 11.5 Å². The molecule has 0 atom stereocenters. The van der Waals surface area contributed by atoms with Crippen molar-refractivity contribution in [1.82, 2.24) is 4.98 Å². The second kappa shape index (κ2) is 8.02. The van der Waals surface area contributed by atoms with Crippen molar-refractivity contribution in [3.05, 3.63) is 28.4 Å². The van der Waals surface area contributed by atoms with Gasteiger partial charge >= 0.3 is 5.97 Å². The number of ether oxygens (including phenoxy) is 1. The van der Waals surface area contributed by atoms with Crippen LogP contribution in [0.25, 0.3) is 0 Å². The number of hydrogen-bond acceptors (Lipinski definition) is 6. The van der Waals surface area contributed by atoms with Crippen molar-refractivity contribution in [2.24, 2.45) is 0 Å². The van der Waals surface area contributed by atoms with Gasteiger partial charge in [0.25, 0.3) is 5.69 Å². The van der Waals surface area contributed by atoms with Gasteiger partial charge in [0.2, 0.25) is 0 Å². The van der Waals surface area contributed by atoms with E-state index in [9.17, 15) is 14.9 Å². The van der Waals surface area contributed by atoms with E-state index >= 15 is 0 Å². The molecule has 0 fully saturated rings. The van der Waals surface area contributed by atoms with Gasteiger partial charge in [0, 0.05) is 12.5 Å². The first-order valence-electron chi connectivity index (χ1n) is 6.13. The molecule has 0 radical (unpaired) electrons. The van der Waals surface area contributed by atoms with E-state index in [2.05, 4.69) is 10.3 Å². The second-order valence-corrected chi connectivity index (χ2v) is 3.91. The Morgan fingerprint density at radius 3 is 2.89 bits per heavy atom. The maximum Gasteiger partial charge on any atom is 0.305 e. The number of aromatic nitrogens is 1. The predicted molar refractivity (Wildman–Crippen MR) is 69.9 cm³/mol. The predicted octanol–water partition coefficient (Wildman–Crippen LogP) is 2.14. The lowest BCUT2D eigenvalue weighted by atomic mass is 10.2. The molecule has 19 heavy (non-hydrogen) atoms. The summed E-state index contributed by atoms with van der Waals surface area (Å²) in [5, 5.41) is 13.3. The highest BCUT2D eigenvalue weighted by Crippen LogP contribution is 2.11. The number of nitro groups is 1. The number of nitrogens with zero attached hydrogens (tertiary/aromatic N) is 2. The van der Waals surface area contributed by atoms with Crippen LogP contribution in [-0.2, 0) is 9.53 Å². The number of rotatable bonds is 8. The van der Waals surface area contributed by atoms with E-state index in [0.29, 0.717) is 18.8 Å². The smallest absolute Gasteiger partial charge is 0.305 e. The Bertz CT molecular complexity index is 419. The fraction of sp³-hybridized carbons (Fsp3) is 0.500. The maximum absolute atomic E-state index is 11.2. The van der Waals surface area contributed by atoms with Gasteiger partial charge in [-0.05, 0) is 12.5 Å². The largest absolute Gasteiger partial charge is 0.464 e. The van der Waals surface area contributed by atoms with Gasteiger partial charge in [-0.1, -0.05) is 13.3 Å². The fourth-order valence-corrected chi connectivity index (χ4v) is 1.34. The molecule has 1 heterocycles. The topological polar surface area (TPSA) is 94.4 Å². The first-order valence-corrected chi connectivity index (χ1v) is 6.13. The molecule has 0 bridgehead atoms. The average molecular weight is 267 g/mol. The Morgan fingerprint density at radius 1 is 1.53 bits per heavy atom. The van der Waals surface area contributed by atoms with Crippen molar-refractivity contribution in [2.75, 3.05) is 18.5 Å². The summed E-state index contributed by atoms with van der Waals surface area (Å²) in [5.74, 6) is 0.301. The SMILES string of the molecule is CCCCC(=O)OCCNc1ccc([N+](=O)[O-])cn1. The van der Waals surface area contributed by atoms with E-state index < -0.39 is 4.92 Å². The number of carbonyl (C=O) groups is 1.